The molecule has 2 aromatic carbocycles. The second-order valence-corrected chi connectivity index (χ2v) is 5.72. The van der Waals surface area contributed by atoms with Gasteiger partial charge in [0.2, 0.25) is 0 Å². The number of carbonyl (C=O) groups is 1. The van der Waals surface area contributed by atoms with Crippen LogP contribution in [0, 0.1) is 6.92 Å². The van der Waals surface area contributed by atoms with Crippen LogP contribution >= 0.6 is 0 Å². The summed E-state index contributed by atoms with van der Waals surface area (Å²) in [5.41, 5.74) is 4.01. The van der Waals surface area contributed by atoms with E-state index in [1.165, 1.54) is 5.56 Å². The average molecular weight is 311 g/mol. The van der Waals surface area contributed by atoms with Gasteiger partial charge in [-0.1, -0.05) is 55.8 Å². The zero-order chi connectivity index (χ0) is 16.7. The van der Waals surface area contributed by atoms with E-state index in [-0.39, 0.29) is 5.97 Å². The second kappa shape index (κ2) is 8.49. The van der Waals surface area contributed by atoms with Crippen molar-refractivity contribution >= 4 is 5.97 Å². The number of ether oxygens (including phenoxy) is 1. The quantitative estimate of drug-likeness (QED) is 0.718. The van der Waals surface area contributed by atoms with E-state index in [0.29, 0.717) is 12.2 Å². The number of aryl methyl sites for hydroxylation is 1. The van der Waals surface area contributed by atoms with E-state index < -0.39 is 0 Å². The zero-order valence-corrected chi connectivity index (χ0v) is 14.2. The highest BCUT2D eigenvalue weighted by atomic mass is 16.5. The van der Waals surface area contributed by atoms with E-state index in [2.05, 4.69) is 30.9 Å². The van der Waals surface area contributed by atoms with Gasteiger partial charge in [-0.25, -0.2) is 4.79 Å². The topological polar surface area (TPSA) is 29.5 Å². The minimum absolute atomic E-state index is 0.280. The number of carbonyl (C=O) groups excluding carboxylic acids is 1. The van der Waals surface area contributed by atoms with Crippen LogP contribution in [-0.2, 0) is 17.9 Å². The first-order valence-corrected chi connectivity index (χ1v) is 8.16. The summed E-state index contributed by atoms with van der Waals surface area (Å²) in [6, 6.07) is 15.7. The van der Waals surface area contributed by atoms with Gasteiger partial charge >= 0.3 is 5.97 Å². The molecule has 2 rings (SSSR count). The van der Waals surface area contributed by atoms with Crippen molar-refractivity contribution in [3.05, 3.63) is 70.8 Å². The monoisotopic (exact) mass is 311 g/mol. The van der Waals surface area contributed by atoms with Gasteiger partial charge < -0.3 is 4.74 Å². The van der Waals surface area contributed by atoms with E-state index in [0.717, 1.165) is 30.8 Å². The normalized spacial score (nSPS) is 10.8. The molecule has 0 aliphatic rings. The minimum atomic E-state index is -0.280. The Balaban J connectivity index is 1.88. The molecular weight excluding hydrogens is 286 g/mol. The molecule has 0 heterocycles. The first kappa shape index (κ1) is 17.2. The Labute approximate surface area is 138 Å². The summed E-state index contributed by atoms with van der Waals surface area (Å²) < 4.78 is 5.37. The number of hydrogen-bond acceptors (Lipinski definition) is 3. The number of nitrogens with zero attached hydrogens (tertiary/aromatic N) is 1. The van der Waals surface area contributed by atoms with Crippen molar-refractivity contribution in [2.75, 3.05) is 13.1 Å². The summed E-state index contributed by atoms with van der Waals surface area (Å²) in [5, 5.41) is 0. The van der Waals surface area contributed by atoms with Crippen molar-refractivity contribution in [3.8, 4) is 0 Å². The number of esters is 1. The van der Waals surface area contributed by atoms with Gasteiger partial charge in [-0.2, -0.15) is 0 Å². The Hall–Kier alpha value is -2.13. The molecule has 0 atom stereocenters. The molecule has 0 fully saturated rings. The highest BCUT2D eigenvalue weighted by molar-refractivity contribution is 5.89. The molecule has 2 aromatic rings. The summed E-state index contributed by atoms with van der Waals surface area (Å²) in [4.78, 5) is 14.4. The van der Waals surface area contributed by atoms with Gasteiger partial charge in [0.05, 0.1) is 5.56 Å². The lowest BCUT2D eigenvalue weighted by molar-refractivity contribution is 0.0472. The molecule has 0 N–H and O–H groups in total. The average Bonchev–Trinajstić information content (AvgIpc) is 2.59. The third-order valence-electron chi connectivity index (χ3n) is 3.98. The summed E-state index contributed by atoms with van der Waals surface area (Å²) >= 11 is 0. The fourth-order valence-electron chi connectivity index (χ4n) is 2.37. The fourth-order valence-corrected chi connectivity index (χ4v) is 2.37. The molecule has 3 heteroatoms. The van der Waals surface area contributed by atoms with Crippen molar-refractivity contribution < 1.29 is 9.53 Å². The summed E-state index contributed by atoms with van der Waals surface area (Å²) in [6.45, 7) is 9.69. The standard InChI is InChI=1S/C20H25NO2/c1-4-21(5-2)14-17-8-10-18(11-9-17)15-23-20(22)19-12-6-16(3)7-13-19/h6-13H,4-5,14-15H2,1-3H3. The third kappa shape index (κ3) is 5.22. The third-order valence-corrected chi connectivity index (χ3v) is 3.98. The van der Waals surface area contributed by atoms with Crippen LogP contribution in [0.4, 0.5) is 0 Å². The smallest absolute Gasteiger partial charge is 0.338 e. The van der Waals surface area contributed by atoms with Gasteiger partial charge in [0.15, 0.2) is 0 Å². The molecule has 3 nitrogen and oxygen atoms in total. The lowest BCUT2D eigenvalue weighted by Crippen LogP contribution is -2.22. The molecule has 23 heavy (non-hydrogen) atoms. The number of hydrogen-bond donors (Lipinski definition) is 0. The van der Waals surface area contributed by atoms with Crippen LogP contribution < -0.4 is 0 Å². The Morgan fingerprint density at radius 1 is 0.913 bits per heavy atom. The van der Waals surface area contributed by atoms with Crippen LogP contribution in [0.15, 0.2) is 48.5 Å². The molecule has 0 bridgehead atoms. The summed E-state index contributed by atoms with van der Waals surface area (Å²) in [7, 11) is 0. The van der Waals surface area contributed by atoms with Crippen molar-refractivity contribution in [1.29, 1.82) is 0 Å². The molecule has 0 radical (unpaired) electrons. The second-order valence-electron chi connectivity index (χ2n) is 5.72. The number of benzene rings is 2. The predicted molar refractivity (Wildman–Crippen MR) is 93.4 cm³/mol. The van der Waals surface area contributed by atoms with Crippen molar-refractivity contribution in [2.24, 2.45) is 0 Å². The van der Waals surface area contributed by atoms with E-state index in [1.807, 2.05) is 31.2 Å². The Bertz CT molecular complexity index is 613. The largest absolute Gasteiger partial charge is 0.457 e. The van der Waals surface area contributed by atoms with Crippen molar-refractivity contribution in [1.82, 2.24) is 4.90 Å². The van der Waals surface area contributed by atoms with Crippen LogP contribution in [0.25, 0.3) is 0 Å². The predicted octanol–water partition coefficient (Wildman–Crippen LogP) is 4.19. The Morgan fingerprint density at radius 2 is 1.48 bits per heavy atom. The fraction of sp³-hybridized carbons (Fsp3) is 0.350. The molecule has 0 unspecified atom stereocenters. The van der Waals surface area contributed by atoms with Crippen LogP contribution in [0.1, 0.15) is 40.9 Å². The number of rotatable bonds is 7. The molecule has 0 saturated heterocycles. The first-order chi connectivity index (χ1) is 11.1. The van der Waals surface area contributed by atoms with Crippen molar-refractivity contribution in [2.45, 2.75) is 33.9 Å². The van der Waals surface area contributed by atoms with Gasteiger partial charge in [-0.05, 0) is 43.3 Å². The van der Waals surface area contributed by atoms with Crippen LogP contribution in [0.2, 0.25) is 0 Å². The molecule has 0 aliphatic carbocycles. The van der Waals surface area contributed by atoms with Crippen LogP contribution in [0.3, 0.4) is 0 Å². The molecule has 0 aromatic heterocycles. The van der Waals surface area contributed by atoms with Gasteiger partial charge in [-0.15, -0.1) is 0 Å². The minimum Gasteiger partial charge on any atom is -0.457 e. The van der Waals surface area contributed by atoms with Crippen LogP contribution in [-0.4, -0.2) is 24.0 Å². The maximum atomic E-state index is 12.0. The maximum absolute atomic E-state index is 12.0. The van der Waals surface area contributed by atoms with Crippen molar-refractivity contribution in [3.63, 3.8) is 0 Å². The van der Waals surface area contributed by atoms with Gasteiger partial charge in [0.1, 0.15) is 6.61 Å². The summed E-state index contributed by atoms with van der Waals surface area (Å²) in [5.74, 6) is -0.280. The molecule has 0 spiro atoms. The molecule has 122 valence electrons. The van der Waals surface area contributed by atoms with Gasteiger partial charge in [0.25, 0.3) is 0 Å². The molecule has 0 saturated carbocycles. The SMILES string of the molecule is CCN(CC)Cc1ccc(COC(=O)c2ccc(C)cc2)cc1. The molecular formula is C20H25NO2. The Morgan fingerprint density at radius 3 is 2.04 bits per heavy atom. The highest BCUT2D eigenvalue weighted by Gasteiger charge is 2.07. The first-order valence-electron chi connectivity index (χ1n) is 8.16. The lowest BCUT2D eigenvalue weighted by atomic mass is 10.1. The lowest BCUT2D eigenvalue weighted by Gasteiger charge is -2.18. The van der Waals surface area contributed by atoms with E-state index in [1.54, 1.807) is 12.1 Å². The van der Waals surface area contributed by atoms with E-state index in [4.69, 9.17) is 4.74 Å². The maximum Gasteiger partial charge on any atom is 0.338 e. The zero-order valence-electron chi connectivity index (χ0n) is 14.2. The highest BCUT2D eigenvalue weighted by Crippen LogP contribution is 2.11. The van der Waals surface area contributed by atoms with Crippen LogP contribution in [0.5, 0.6) is 0 Å². The van der Waals surface area contributed by atoms with Gasteiger partial charge in [0, 0.05) is 6.54 Å². The molecule has 0 aliphatic heterocycles. The van der Waals surface area contributed by atoms with Gasteiger partial charge in [-0.3, -0.25) is 4.90 Å². The van der Waals surface area contributed by atoms with E-state index in [9.17, 15) is 4.79 Å². The Kier molecular flexibility index (Phi) is 6.36. The summed E-state index contributed by atoms with van der Waals surface area (Å²) in [6.07, 6.45) is 0. The van der Waals surface area contributed by atoms with E-state index >= 15 is 0 Å². The molecule has 0 amide bonds.